The number of aromatic nitrogens is 2. The van der Waals surface area contributed by atoms with Crippen LogP contribution in [0, 0.1) is 0 Å². The van der Waals surface area contributed by atoms with Crippen LogP contribution >= 0.6 is 0 Å². The number of aryl methyl sites for hydroxylation is 1. The summed E-state index contributed by atoms with van der Waals surface area (Å²) in [4.78, 5) is 4.41. The summed E-state index contributed by atoms with van der Waals surface area (Å²) in [5, 5.41) is 3.45. The first-order chi connectivity index (χ1) is 9.74. The van der Waals surface area contributed by atoms with Gasteiger partial charge in [-0.05, 0) is 36.5 Å². The van der Waals surface area contributed by atoms with Gasteiger partial charge in [0, 0.05) is 24.6 Å². The highest BCUT2D eigenvalue weighted by molar-refractivity contribution is 5.45. The maximum atomic E-state index is 4.41. The molecule has 0 saturated carbocycles. The van der Waals surface area contributed by atoms with E-state index in [1.807, 2.05) is 12.4 Å². The largest absolute Gasteiger partial charge is 0.378 e. The zero-order valence-electron chi connectivity index (χ0n) is 12.8. The summed E-state index contributed by atoms with van der Waals surface area (Å²) in [7, 11) is 0. The molecule has 2 aromatic rings. The van der Waals surface area contributed by atoms with Crippen molar-refractivity contribution in [3.63, 3.8) is 0 Å². The van der Waals surface area contributed by atoms with Gasteiger partial charge in [0.25, 0.3) is 0 Å². The van der Waals surface area contributed by atoms with Crippen molar-refractivity contribution >= 4 is 5.69 Å². The van der Waals surface area contributed by atoms with Crippen molar-refractivity contribution in [2.24, 2.45) is 0 Å². The zero-order chi connectivity index (χ0) is 14.4. The van der Waals surface area contributed by atoms with Gasteiger partial charge in [-0.15, -0.1) is 0 Å². The number of hydrogen-bond donors (Lipinski definition) is 1. The SMILES string of the molecule is CCCn1ccnc1CNc1ccc(C(C)CC)cc1. The highest BCUT2D eigenvalue weighted by Crippen LogP contribution is 2.20. The van der Waals surface area contributed by atoms with E-state index in [2.05, 4.69) is 59.9 Å². The molecular weight excluding hydrogens is 246 g/mol. The van der Waals surface area contributed by atoms with E-state index in [0.29, 0.717) is 5.92 Å². The number of anilines is 1. The van der Waals surface area contributed by atoms with Crippen molar-refractivity contribution in [3.8, 4) is 0 Å². The van der Waals surface area contributed by atoms with E-state index in [9.17, 15) is 0 Å². The molecule has 0 aliphatic rings. The molecule has 2 rings (SSSR count). The van der Waals surface area contributed by atoms with E-state index in [0.717, 1.165) is 31.0 Å². The first-order valence-electron chi connectivity index (χ1n) is 7.58. The van der Waals surface area contributed by atoms with Crippen molar-refractivity contribution < 1.29 is 0 Å². The van der Waals surface area contributed by atoms with Crippen LogP contribution in [-0.4, -0.2) is 9.55 Å². The van der Waals surface area contributed by atoms with E-state index in [4.69, 9.17) is 0 Å². The van der Waals surface area contributed by atoms with Crippen LogP contribution in [0.1, 0.15) is 50.9 Å². The lowest BCUT2D eigenvalue weighted by molar-refractivity contribution is 0.644. The van der Waals surface area contributed by atoms with Gasteiger partial charge in [0.05, 0.1) is 6.54 Å². The first-order valence-corrected chi connectivity index (χ1v) is 7.58. The lowest BCUT2D eigenvalue weighted by atomic mass is 9.99. The Bertz CT molecular complexity index is 513. The monoisotopic (exact) mass is 271 g/mol. The highest BCUT2D eigenvalue weighted by Gasteiger charge is 2.04. The summed E-state index contributed by atoms with van der Waals surface area (Å²) in [5.74, 6) is 1.73. The predicted octanol–water partition coefficient (Wildman–Crippen LogP) is 4.42. The average Bonchev–Trinajstić information content (AvgIpc) is 2.92. The summed E-state index contributed by atoms with van der Waals surface area (Å²) in [6.07, 6.45) is 6.24. The minimum Gasteiger partial charge on any atom is -0.378 e. The molecule has 1 N–H and O–H groups in total. The van der Waals surface area contributed by atoms with Gasteiger partial charge in [-0.3, -0.25) is 0 Å². The van der Waals surface area contributed by atoms with E-state index in [1.54, 1.807) is 0 Å². The standard InChI is InChI=1S/C17H25N3/c1-4-11-20-12-10-18-17(20)13-19-16-8-6-15(7-9-16)14(3)5-2/h6-10,12,14,19H,4-5,11,13H2,1-3H3. The molecule has 108 valence electrons. The number of imidazole rings is 1. The molecule has 1 heterocycles. The molecule has 20 heavy (non-hydrogen) atoms. The predicted molar refractivity (Wildman–Crippen MR) is 85.0 cm³/mol. The van der Waals surface area contributed by atoms with E-state index in [-0.39, 0.29) is 0 Å². The van der Waals surface area contributed by atoms with Gasteiger partial charge in [0.15, 0.2) is 0 Å². The Kier molecular flexibility index (Phi) is 5.22. The number of benzene rings is 1. The third kappa shape index (κ3) is 3.62. The molecule has 1 atom stereocenters. The number of nitrogens with one attached hydrogen (secondary N) is 1. The summed E-state index contributed by atoms with van der Waals surface area (Å²) < 4.78 is 2.21. The van der Waals surface area contributed by atoms with Gasteiger partial charge in [-0.2, -0.15) is 0 Å². The van der Waals surface area contributed by atoms with Gasteiger partial charge < -0.3 is 9.88 Å². The molecule has 1 unspecified atom stereocenters. The fraction of sp³-hybridized carbons (Fsp3) is 0.471. The zero-order valence-corrected chi connectivity index (χ0v) is 12.8. The van der Waals surface area contributed by atoms with Gasteiger partial charge in [-0.25, -0.2) is 4.98 Å². The first kappa shape index (κ1) is 14.6. The smallest absolute Gasteiger partial charge is 0.128 e. The van der Waals surface area contributed by atoms with E-state index < -0.39 is 0 Å². The summed E-state index contributed by atoms with van der Waals surface area (Å²) in [6, 6.07) is 8.76. The second-order valence-corrected chi connectivity index (χ2v) is 5.32. The molecule has 0 amide bonds. The quantitative estimate of drug-likeness (QED) is 0.808. The third-order valence-corrected chi connectivity index (χ3v) is 3.81. The Morgan fingerprint density at radius 1 is 1.20 bits per heavy atom. The molecule has 0 aliphatic heterocycles. The van der Waals surface area contributed by atoms with Crippen molar-refractivity contribution in [1.29, 1.82) is 0 Å². The number of hydrogen-bond acceptors (Lipinski definition) is 2. The minimum atomic E-state index is 0.632. The lowest BCUT2D eigenvalue weighted by Gasteiger charge is -2.11. The van der Waals surface area contributed by atoms with Crippen molar-refractivity contribution in [1.82, 2.24) is 9.55 Å². The maximum absolute atomic E-state index is 4.41. The Morgan fingerprint density at radius 3 is 2.60 bits per heavy atom. The summed E-state index contributed by atoms with van der Waals surface area (Å²) in [6.45, 7) is 8.48. The van der Waals surface area contributed by atoms with Gasteiger partial charge in [0.2, 0.25) is 0 Å². The van der Waals surface area contributed by atoms with E-state index in [1.165, 1.54) is 12.0 Å². The molecule has 0 radical (unpaired) electrons. The maximum Gasteiger partial charge on any atom is 0.128 e. The second kappa shape index (κ2) is 7.13. The molecule has 1 aromatic carbocycles. The van der Waals surface area contributed by atoms with Crippen LogP contribution in [0.3, 0.4) is 0 Å². The molecular formula is C17H25N3. The van der Waals surface area contributed by atoms with Crippen LogP contribution in [0.2, 0.25) is 0 Å². The van der Waals surface area contributed by atoms with Crippen LogP contribution in [0.15, 0.2) is 36.7 Å². The van der Waals surface area contributed by atoms with Crippen LogP contribution in [-0.2, 0) is 13.1 Å². The Morgan fingerprint density at radius 2 is 1.95 bits per heavy atom. The Labute approximate surface area is 122 Å². The van der Waals surface area contributed by atoms with Crippen molar-refractivity contribution in [3.05, 3.63) is 48.0 Å². The van der Waals surface area contributed by atoms with E-state index >= 15 is 0 Å². The lowest BCUT2D eigenvalue weighted by Crippen LogP contribution is -2.08. The fourth-order valence-electron chi connectivity index (χ4n) is 2.30. The highest BCUT2D eigenvalue weighted by atomic mass is 15.1. The Hall–Kier alpha value is -1.77. The molecule has 0 spiro atoms. The van der Waals surface area contributed by atoms with Crippen molar-refractivity contribution in [2.45, 2.75) is 52.6 Å². The molecule has 0 fully saturated rings. The second-order valence-electron chi connectivity index (χ2n) is 5.32. The molecule has 0 saturated heterocycles. The van der Waals surface area contributed by atoms with Crippen LogP contribution in [0.4, 0.5) is 5.69 Å². The fourth-order valence-corrected chi connectivity index (χ4v) is 2.30. The number of nitrogens with zero attached hydrogens (tertiary/aromatic N) is 2. The average molecular weight is 271 g/mol. The minimum absolute atomic E-state index is 0.632. The summed E-state index contributed by atoms with van der Waals surface area (Å²) in [5.41, 5.74) is 2.56. The topological polar surface area (TPSA) is 29.9 Å². The molecule has 0 aliphatic carbocycles. The van der Waals surface area contributed by atoms with Gasteiger partial charge in [-0.1, -0.05) is 32.9 Å². The summed E-state index contributed by atoms with van der Waals surface area (Å²) >= 11 is 0. The molecule has 1 aromatic heterocycles. The molecule has 3 heteroatoms. The van der Waals surface area contributed by atoms with Crippen molar-refractivity contribution in [2.75, 3.05) is 5.32 Å². The molecule has 3 nitrogen and oxygen atoms in total. The Balaban J connectivity index is 1.95. The van der Waals surface area contributed by atoms with Crippen LogP contribution in [0.25, 0.3) is 0 Å². The third-order valence-electron chi connectivity index (χ3n) is 3.81. The van der Waals surface area contributed by atoms with Gasteiger partial charge in [0.1, 0.15) is 5.82 Å². The molecule has 0 bridgehead atoms. The van der Waals surface area contributed by atoms with Crippen LogP contribution in [0.5, 0.6) is 0 Å². The normalized spacial score (nSPS) is 12.3. The van der Waals surface area contributed by atoms with Gasteiger partial charge >= 0.3 is 0 Å². The van der Waals surface area contributed by atoms with Crippen LogP contribution < -0.4 is 5.32 Å². The number of rotatable bonds is 7.